The average Bonchev–Trinajstić information content (AvgIpc) is 2.69. The zero-order valence-electron chi connectivity index (χ0n) is 16.5. The van der Waals surface area contributed by atoms with Crippen LogP contribution in [0.15, 0.2) is 48.5 Å². The molecule has 0 atom stereocenters. The second-order valence-corrected chi connectivity index (χ2v) is 6.47. The van der Waals surface area contributed by atoms with E-state index in [0.29, 0.717) is 23.0 Å². The van der Waals surface area contributed by atoms with Crippen LogP contribution in [0.4, 0.5) is 23.1 Å². The maximum Gasteiger partial charge on any atom is 0.339 e. The van der Waals surface area contributed by atoms with Gasteiger partial charge in [-0.05, 0) is 43.5 Å². The highest BCUT2D eigenvalue weighted by molar-refractivity contribution is 5.96. The first-order valence-corrected chi connectivity index (χ1v) is 9.17. The van der Waals surface area contributed by atoms with E-state index < -0.39 is 5.97 Å². The molecular weight excluding hydrogens is 352 g/mol. The molecule has 0 aliphatic heterocycles. The number of esters is 1. The van der Waals surface area contributed by atoms with Crippen LogP contribution in [0.3, 0.4) is 0 Å². The minimum Gasteiger partial charge on any atom is -0.465 e. The number of anilines is 4. The average molecular weight is 376 g/mol. The molecule has 1 heterocycles. The number of aromatic nitrogens is 2. The molecule has 0 aliphatic carbocycles. The van der Waals surface area contributed by atoms with Crippen molar-refractivity contribution in [3.8, 4) is 0 Å². The van der Waals surface area contributed by atoms with Crippen molar-refractivity contribution in [1.29, 1.82) is 0 Å². The number of benzene rings is 2. The SMILES string of the molecule is CCc1cccc(C)c1Nc1nc(C)cc(Nc2ccccc2C(=O)OC)n1. The smallest absolute Gasteiger partial charge is 0.339 e. The van der Waals surface area contributed by atoms with Gasteiger partial charge in [0.2, 0.25) is 5.95 Å². The summed E-state index contributed by atoms with van der Waals surface area (Å²) in [6, 6.07) is 15.2. The number of hydrogen-bond donors (Lipinski definition) is 2. The lowest BCUT2D eigenvalue weighted by Gasteiger charge is -2.15. The molecule has 6 heteroatoms. The summed E-state index contributed by atoms with van der Waals surface area (Å²) in [5.74, 6) is 0.694. The number of nitrogens with zero attached hydrogens (tertiary/aromatic N) is 2. The number of aryl methyl sites for hydroxylation is 3. The maximum absolute atomic E-state index is 12.0. The first-order chi connectivity index (χ1) is 13.5. The molecule has 0 saturated heterocycles. The van der Waals surface area contributed by atoms with E-state index >= 15 is 0 Å². The van der Waals surface area contributed by atoms with Crippen LogP contribution in [-0.4, -0.2) is 23.0 Å². The summed E-state index contributed by atoms with van der Waals surface area (Å²) < 4.78 is 4.86. The number of para-hydroxylation sites is 2. The number of methoxy groups -OCH3 is 1. The molecule has 1 aromatic heterocycles. The molecule has 0 radical (unpaired) electrons. The summed E-state index contributed by atoms with van der Waals surface area (Å²) in [7, 11) is 1.36. The fraction of sp³-hybridized carbons (Fsp3) is 0.227. The minimum atomic E-state index is -0.403. The molecule has 144 valence electrons. The standard InChI is InChI=1S/C22H24N4O2/c1-5-16-10-8-9-14(2)20(16)26-22-23-15(3)13-19(25-22)24-18-12-7-6-11-17(18)21(27)28-4/h6-13H,5H2,1-4H3,(H2,23,24,25,26). The van der Waals surface area contributed by atoms with Crippen molar-refractivity contribution in [1.82, 2.24) is 9.97 Å². The second kappa shape index (κ2) is 8.52. The Kier molecular flexibility index (Phi) is 5.89. The Morgan fingerprint density at radius 3 is 2.57 bits per heavy atom. The van der Waals surface area contributed by atoms with Crippen LogP contribution >= 0.6 is 0 Å². The Balaban J connectivity index is 1.93. The first kappa shape index (κ1) is 19.4. The zero-order valence-corrected chi connectivity index (χ0v) is 16.5. The van der Waals surface area contributed by atoms with Crippen molar-refractivity contribution in [2.45, 2.75) is 27.2 Å². The molecule has 0 saturated carbocycles. The summed E-state index contributed by atoms with van der Waals surface area (Å²) in [5, 5.41) is 6.56. The summed E-state index contributed by atoms with van der Waals surface area (Å²) in [5.41, 5.74) is 5.25. The van der Waals surface area contributed by atoms with E-state index in [-0.39, 0.29) is 0 Å². The molecule has 0 bridgehead atoms. The Bertz CT molecular complexity index is 1000. The van der Waals surface area contributed by atoms with E-state index in [0.717, 1.165) is 23.4 Å². The molecule has 2 N–H and O–H groups in total. The summed E-state index contributed by atoms with van der Waals surface area (Å²) in [6.07, 6.45) is 0.910. The van der Waals surface area contributed by atoms with E-state index in [1.165, 1.54) is 12.7 Å². The van der Waals surface area contributed by atoms with Gasteiger partial charge in [0.15, 0.2) is 0 Å². The van der Waals surface area contributed by atoms with Crippen molar-refractivity contribution in [3.05, 3.63) is 70.9 Å². The van der Waals surface area contributed by atoms with E-state index in [2.05, 4.69) is 46.6 Å². The zero-order chi connectivity index (χ0) is 20.1. The number of carbonyl (C=O) groups excluding carboxylic acids is 1. The number of rotatable bonds is 6. The number of carbonyl (C=O) groups is 1. The quantitative estimate of drug-likeness (QED) is 0.594. The third kappa shape index (κ3) is 4.28. The second-order valence-electron chi connectivity index (χ2n) is 6.47. The predicted molar refractivity (Wildman–Crippen MR) is 112 cm³/mol. The predicted octanol–water partition coefficient (Wildman–Crippen LogP) is 4.93. The molecule has 0 unspecified atom stereocenters. The van der Waals surface area contributed by atoms with Crippen LogP contribution < -0.4 is 10.6 Å². The van der Waals surface area contributed by atoms with Gasteiger partial charge in [-0.25, -0.2) is 9.78 Å². The van der Waals surface area contributed by atoms with Gasteiger partial charge in [-0.1, -0.05) is 37.3 Å². The van der Waals surface area contributed by atoms with Crippen LogP contribution in [-0.2, 0) is 11.2 Å². The molecule has 0 aliphatic rings. The lowest BCUT2D eigenvalue weighted by atomic mass is 10.1. The van der Waals surface area contributed by atoms with Gasteiger partial charge in [-0.3, -0.25) is 0 Å². The number of hydrogen-bond acceptors (Lipinski definition) is 6. The van der Waals surface area contributed by atoms with Gasteiger partial charge in [-0.2, -0.15) is 4.98 Å². The summed E-state index contributed by atoms with van der Waals surface area (Å²) in [6.45, 7) is 6.08. The Hall–Kier alpha value is -3.41. The fourth-order valence-electron chi connectivity index (χ4n) is 3.02. The van der Waals surface area contributed by atoms with Crippen LogP contribution in [0.5, 0.6) is 0 Å². The number of ether oxygens (including phenoxy) is 1. The molecule has 0 fully saturated rings. The van der Waals surface area contributed by atoms with Crippen molar-refractivity contribution in [2.75, 3.05) is 17.7 Å². The molecule has 0 spiro atoms. The van der Waals surface area contributed by atoms with Gasteiger partial charge < -0.3 is 15.4 Å². The van der Waals surface area contributed by atoms with Crippen molar-refractivity contribution >= 4 is 29.1 Å². The van der Waals surface area contributed by atoms with E-state index in [1.54, 1.807) is 12.1 Å². The molecule has 3 rings (SSSR count). The van der Waals surface area contributed by atoms with Gasteiger partial charge >= 0.3 is 5.97 Å². The van der Waals surface area contributed by atoms with Crippen LogP contribution in [0.2, 0.25) is 0 Å². The lowest BCUT2D eigenvalue weighted by Crippen LogP contribution is -2.08. The van der Waals surface area contributed by atoms with Crippen LogP contribution in [0.1, 0.15) is 34.1 Å². The molecule has 6 nitrogen and oxygen atoms in total. The minimum absolute atomic E-state index is 0.403. The van der Waals surface area contributed by atoms with Crippen molar-refractivity contribution < 1.29 is 9.53 Å². The van der Waals surface area contributed by atoms with Gasteiger partial charge in [0.05, 0.1) is 18.4 Å². The van der Waals surface area contributed by atoms with Crippen LogP contribution in [0, 0.1) is 13.8 Å². The molecule has 2 aromatic carbocycles. The Labute approximate surface area is 165 Å². The first-order valence-electron chi connectivity index (χ1n) is 9.17. The topological polar surface area (TPSA) is 76.1 Å². The van der Waals surface area contributed by atoms with Crippen LogP contribution in [0.25, 0.3) is 0 Å². The van der Waals surface area contributed by atoms with Gasteiger partial charge in [0.25, 0.3) is 0 Å². The summed E-state index contributed by atoms with van der Waals surface area (Å²) in [4.78, 5) is 21.1. The third-order valence-electron chi connectivity index (χ3n) is 4.43. The largest absolute Gasteiger partial charge is 0.465 e. The highest BCUT2D eigenvalue weighted by Crippen LogP contribution is 2.26. The molecule has 3 aromatic rings. The molecular formula is C22H24N4O2. The molecule has 28 heavy (non-hydrogen) atoms. The maximum atomic E-state index is 12.0. The van der Waals surface area contributed by atoms with E-state index in [1.807, 2.05) is 31.2 Å². The fourth-order valence-corrected chi connectivity index (χ4v) is 3.02. The summed E-state index contributed by atoms with van der Waals surface area (Å²) >= 11 is 0. The lowest BCUT2D eigenvalue weighted by molar-refractivity contribution is 0.0602. The van der Waals surface area contributed by atoms with Gasteiger partial charge in [-0.15, -0.1) is 0 Å². The van der Waals surface area contributed by atoms with E-state index in [9.17, 15) is 4.79 Å². The van der Waals surface area contributed by atoms with E-state index in [4.69, 9.17) is 4.74 Å². The van der Waals surface area contributed by atoms with Gasteiger partial charge in [0.1, 0.15) is 5.82 Å². The highest BCUT2D eigenvalue weighted by atomic mass is 16.5. The monoisotopic (exact) mass is 376 g/mol. The third-order valence-corrected chi connectivity index (χ3v) is 4.43. The van der Waals surface area contributed by atoms with Crippen molar-refractivity contribution in [3.63, 3.8) is 0 Å². The Morgan fingerprint density at radius 2 is 1.82 bits per heavy atom. The van der Waals surface area contributed by atoms with Crippen molar-refractivity contribution in [2.24, 2.45) is 0 Å². The Morgan fingerprint density at radius 1 is 1.04 bits per heavy atom. The molecule has 0 amide bonds. The highest BCUT2D eigenvalue weighted by Gasteiger charge is 2.13. The number of nitrogens with one attached hydrogen (secondary N) is 2. The normalized spacial score (nSPS) is 10.4. The van der Waals surface area contributed by atoms with Gasteiger partial charge in [0, 0.05) is 17.4 Å².